The molecule has 2 fully saturated rings. The van der Waals surface area contributed by atoms with Gasteiger partial charge >= 0.3 is 0 Å². The van der Waals surface area contributed by atoms with Crippen molar-refractivity contribution in [1.82, 2.24) is 9.47 Å². The zero-order valence-corrected chi connectivity index (χ0v) is 13.0. The monoisotopic (exact) mass is 298 g/mol. The smallest absolute Gasteiger partial charge is 0.256 e. The number of aromatic nitrogens is 1. The number of para-hydroxylation sites is 1. The Labute approximate surface area is 130 Å². The normalized spacial score (nSPS) is 25.2. The van der Waals surface area contributed by atoms with E-state index in [1.807, 2.05) is 36.0 Å². The van der Waals surface area contributed by atoms with Crippen LogP contribution in [0.15, 0.2) is 30.5 Å². The summed E-state index contributed by atoms with van der Waals surface area (Å²) in [6.07, 6.45) is 6.79. The number of carbonyl (C=O) groups excluding carboxylic acids is 1. The Morgan fingerprint density at radius 2 is 2.05 bits per heavy atom. The third-order valence-corrected chi connectivity index (χ3v) is 5.12. The maximum absolute atomic E-state index is 13.1. The molecule has 0 N–H and O–H groups in total. The average molecular weight is 298 g/mol. The molecule has 1 aliphatic heterocycles. The van der Waals surface area contributed by atoms with Gasteiger partial charge in [0.05, 0.1) is 24.3 Å². The average Bonchev–Trinajstić information content (AvgIpc) is 2.91. The fourth-order valence-corrected chi connectivity index (χ4v) is 4.02. The second-order valence-corrected chi connectivity index (χ2v) is 6.43. The lowest BCUT2D eigenvalue weighted by Gasteiger charge is -2.43. The van der Waals surface area contributed by atoms with E-state index in [4.69, 9.17) is 4.74 Å². The van der Waals surface area contributed by atoms with E-state index < -0.39 is 0 Å². The first-order valence-corrected chi connectivity index (χ1v) is 8.22. The number of nitrogens with zero attached hydrogens (tertiary/aromatic N) is 2. The van der Waals surface area contributed by atoms with Crippen LogP contribution in [0, 0.1) is 0 Å². The molecule has 2 aliphatic rings. The first-order valence-electron chi connectivity index (χ1n) is 8.22. The molecular weight excluding hydrogens is 276 g/mol. The van der Waals surface area contributed by atoms with Crippen LogP contribution in [0.5, 0.6) is 0 Å². The summed E-state index contributed by atoms with van der Waals surface area (Å²) in [6.45, 7) is 1.38. The van der Waals surface area contributed by atoms with E-state index in [0.29, 0.717) is 13.2 Å². The number of benzene rings is 1. The molecule has 22 heavy (non-hydrogen) atoms. The lowest BCUT2D eigenvalue weighted by molar-refractivity contribution is -0.0752. The summed E-state index contributed by atoms with van der Waals surface area (Å²) in [7, 11) is 2.00. The number of morpholine rings is 1. The van der Waals surface area contributed by atoms with Gasteiger partial charge in [-0.05, 0) is 18.9 Å². The van der Waals surface area contributed by atoms with Crippen LogP contribution in [0.2, 0.25) is 0 Å². The minimum absolute atomic E-state index is 0.164. The van der Waals surface area contributed by atoms with E-state index in [-0.39, 0.29) is 18.1 Å². The lowest BCUT2D eigenvalue weighted by atomic mass is 9.89. The number of carbonyl (C=O) groups is 1. The molecule has 1 amide bonds. The topological polar surface area (TPSA) is 34.5 Å². The van der Waals surface area contributed by atoms with Crippen LogP contribution in [0.4, 0.5) is 0 Å². The van der Waals surface area contributed by atoms with Gasteiger partial charge in [-0.1, -0.05) is 31.0 Å². The van der Waals surface area contributed by atoms with E-state index in [1.165, 1.54) is 12.8 Å². The van der Waals surface area contributed by atoms with Gasteiger partial charge in [0.1, 0.15) is 0 Å². The van der Waals surface area contributed by atoms with Crippen molar-refractivity contribution in [2.24, 2.45) is 7.05 Å². The first kappa shape index (κ1) is 13.8. The molecule has 4 nitrogen and oxygen atoms in total. The minimum Gasteiger partial charge on any atom is -0.374 e. The van der Waals surface area contributed by atoms with Gasteiger partial charge in [0.25, 0.3) is 5.91 Å². The summed E-state index contributed by atoms with van der Waals surface area (Å²) in [4.78, 5) is 15.2. The third kappa shape index (κ3) is 2.13. The number of amides is 1. The van der Waals surface area contributed by atoms with Crippen LogP contribution in [-0.2, 0) is 11.8 Å². The van der Waals surface area contributed by atoms with Crippen LogP contribution in [0.25, 0.3) is 10.9 Å². The number of fused-ring (bicyclic) bond motifs is 2. The molecule has 1 aromatic carbocycles. The standard InChI is InChI=1S/C18H22N2O2/c1-19-12-14(13-6-2-3-7-15(13)19)18(21)20-10-11-22-17-9-5-4-8-16(17)20/h2-3,6-7,12,16-17H,4-5,8-11H2,1H3/t16-,17-/m1/s1. The number of rotatable bonds is 1. The number of ether oxygens (including phenoxy) is 1. The van der Waals surface area contributed by atoms with E-state index in [1.54, 1.807) is 0 Å². The second kappa shape index (κ2) is 5.43. The molecule has 0 unspecified atom stereocenters. The fraction of sp³-hybridized carbons (Fsp3) is 0.500. The lowest BCUT2D eigenvalue weighted by Crippen LogP contribution is -2.54. The summed E-state index contributed by atoms with van der Waals surface area (Å²) in [5.41, 5.74) is 1.93. The molecule has 1 saturated heterocycles. The van der Waals surface area contributed by atoms with Crippen LogP contribution in [0.1, 0.15) is 36.0 Å². The van der Waals surface area contributed by atoms with Crippen LogP contribution in [-0.4, -0.2) is 40.7 Å². The van der Waals surface area contributed by atoms with Crippen LogP contribution in [0.3, 0.4) is 0 Å². The Bertz CT molecular complexity index is 704. The molecule has 0 bridgehead atoms. The zero-order chi connectivity index (χ0) is 15.1. The van der Waals surface area contributed by atoms with Crippen molar-refractivity contribution < 1.29 is 9.53 Å². The van der Waals surface area contributed by atoms with Gasteiger partial charge in [0, 0.05) is 30.7 Å². The Balaban J connectivity index is 1.70. The van der Waals surface area contributed by atoms with Crippen molar-refractivity contribution in [3.63, 3.8) is 0 Å². The highest BCUT2D eigenvalue weighted by Gasteiger charge is 2.37. The summed E-state index contributed by atoms with van der Waals surface area (Å²) in [5, 5.41) is 1.05. The molecule has 2 heterocycles. The van der Waals surface area contributed by atoms with Crippen LogP contribution < -0.4 is 0 Å². The quantitative estimate of drug-likeness (QED) is 0.811. The largest absolute Gasteiger partial charge is 0.374 e. The van der Waals surface area contributed by atoms with Gasteiger partial charge in [-0.3, -0.25) is 4.79 Å². The van der Waals surface area contributed by atoms with Crippen molar-refractivity contribution in [2.45, 2.75) is 37.8 Å². The van der Waals surface area contributed by atoms with Crippen molar-refractivity contribution in [3.05, 3.63) is 36.0 Å². The fourth-order valence-electron chi connectivity index (χ4n) is 4.02. The predicted molar refractivity (Wildman–Crippen MR) is 86.0 cm³/mol. The highest BCUT2D eigenvalue weighted by Crippen LogP contribution is 2.31. The van der Waals surface area contributed by atoms with E-state index in [2.05, 4.69) is 11.0 Å². The Morgan fingerprint density at radius 3 is 2.95 bits per heavy atom. The second-order valence-electron chi connectivity index (χ2n) is 6.43. The third-order valence-electron chi connectivity index (χ3n) is 5.12. The molecule has 4 rings (SSSR count). The summed E-state index contributed by atoms with van der Waals surface area (Å²) in [6, 6.07) is 8.38. The Morgan fingerprint density at radius 1 is 1.23 bits per heavy atom. The number of hydrogen-bond acceptors (Lipinski definition) is 2. The molecule has 4 heteroatoms. The van der Waals surface area contributed by atoms with Crippen molar-refractivity contribution in [1.29, 1.82) is 0 Å². The highest BCUT2D eigenvalue weighted by molar-refractivity contribution is 6.07. The molecule has 1 aromatic heterocycles. The van der Waals surface area contributed by atoms with Gasteiger partial charge < -0.3 is 14.2 Å². The Kier molecular flexibility index (Phi) is 3.41. The first-order chi connectivity index (χ1) is 10.8. The molecule has 1 saturated carbocycles. The highest BCUT2D eigenvalue weighted by atomic mass is 16.5. The maximum atomic E-state index is 13.1. The zero-order valence-electron chi connectivity index (χ0n) is 13.0. The van der Waals surface area contributed by atoms with E-state index in [9.17, 15) is 4.79 Å². The molecule has 0 spiro atoms. The summed E-state index contributed by atoms with van der Waals surface area (Å²) < 4.78 is 7.93. The molecule has 116 valence electrons. The van der Waals surface area contributed by atoms with Gasteiger partial charge in [-0.15, -0.1) is 0 Å². The molecule has 2 atom stereocenters. The SMILES string of the molecule is Cn1cc(C(=O)N2CCO[C@@H]3CCCC[C@H]32)c2ccccc21. The molecule has 1 aliphatic carbocycles. The van der Waals surface area contributed by atoms with Gasteiger partial charge in [0.2, 0.25) is 0 Å². The Hall–Kier alpha value is -1.81. The van der Waals surface area contributed by atoms with Gasteiger partial charge in [-0.2, -0.15) is 0 Å². The number of aryl methyl sites for hydroxylation is 1. The van der Waals surface area contributed by atoms with Crippen LogP contribution >= 0.6 is 0 Å². The van der Waals surface area contributed by atoms with Gasteiger partial charge in [0.15, 0.2) is 0 Å². The van der Waals surface area contributed by atoms with E-state index in [0.717, 1.165) is 29.3 Å². The van der Waals surface area contributed by atoms with Gasteiger partial charge in [-0.25, -0.2) is 0 Å². The van der Waals surface area contributed by atoms with Crippen molar-refractivity contribution in [3.8, 4) is 0 Å². The minimum atomic E-state index is 0.164. The van der Waals surface area contributed by atoms with E-state index >= 15 is 0 Å². The molecular formula is C18H22N2O2. The molecule has 2 aromatic rings. The number of hydrogen-bond donors (Lipinski definition) is 0. The predicted octanol–water partition coefficient (Wildman–Crippen LogP) is 2.96. The van der Waals surface area contributed by atoms with Crippen molar-refractivity contribution >= 4 is 16.8 Å². The summed E-state index contributed by atoms with van der Waals surface area (Å²) >= 11 is 0. The van der Waals surface area contributed by atoms with Crippen molar-refractivity contribution in [2.75, 3.05) is 13.2 Å². The maximum Gasteiger partial charge on any atom is 0.256 e. The molecule has 0 radical (unpaired) electrons. The summed E-state index contributed by atoms with van der Waals surface area (Å²) in [5.74, 6) is 0.164.